The maximum Gasteiger partial charge on any atom is 0.881 e. The number of aryl methyl sites for hydroxylation is 1. The molecule has 1 saturated carbocycles. The fourth-order valence-electron chi connectivity index (χ4n) is 5.27. The molecule has 3 aliphatic rings. The second-order valence-corrected chi connectivity index (χ2v) is 10.0. The number of halogens is 6. The molecule has 39 heavy (non-hydrogen) atoms. The van der Waals surface area contributed by atoms with E-state index in [0.717, 1.165) is 29.2 Å². The highest BCUT2D eigenvalue weighted by Gasteiger charge is 2.73. The number of rotatable bonds is 5. The highest BCUT2D eigenvalue weighted by molar-refractivity contribution is 6.27. The summed E-state index contributed by atoms with van der Waals surface area (Å²) in [4.78, 5) is 52.0. The van der Waals surface area contributed by atoms with Crippen molar-refractivity contribution in [3.05, 3.63) is 53.1 Å². The van der Waals surface area contributed by atoms with Crippen LogP contribution in [0.5, 0.6) is 11.5 Å². The van der Waals surface area contributed by atoms with Crippen LogP contribution in [-0.2, 0) is 31.5 Å². The third-order valence-corrected chi connectivity index (χ3v) is 7.81. The van der Waals surface area contributed by atoms with Crippen molar-refractivity contribution in [2.75, 3.05) is 11.9 Å². The van der Waals surface area contributed by atoms with Crippen LogP contribution in [0.15, 0.2) is 36.4 Å². The molecular formula is C24H16AlF6N2O6. The molecule has 15 heteroatoms. The molecule has 2 aliphatic heterocycles. The molecule has 2 aromatic rings. The van der Waals surface area contributed by atoms with Gasteiger partial charge in [-0.25, -0.2) is 4.90 Å². The van der Waals surface area contributed by atoms with Gasteiger partial charge in [0, 0.05) is 7.05 Å². The highest BCUT2D eigenvalue weighted by Crippen LogP contribution is 2.57. The number of anilines is 1. The molecule has 203 valence electrons. The summed E-state index contributed by atoms with van der Waals surface area (Å²) in [6.45, 7) is 1.43. The lowest BCUT2D eigenvalue weighted by molar-refractivity contribution is -0.146. The Labute approximate surface area is 222 Å². The zero-order valence-corrected chi connectivity index (χ0v) is 21.1. The molecule has 2 aromatic carbocycles. The predicted molar refractivity (Wildman–Crippen MR) is 119 cm³/mol. The van der Waals surface area contributed by atoms with Crippen LogP contribution in [-0.4, -0.2) is 51.5 Å². The van der Waals surface area contributed by atoms with Crippen molar-refractivity contribution in [1.29, 1.82) is 0 Å². The first-order valence-corrected chi connectivity index (χ1v) is 12.3. The van der Waals surface area contributed by atoms with Crippen molar-refractivity contribution in [3.8, 4) is 11.5 Å². The van der Waals surface area contributed by atoms with Gasteiger partial charge in [0.15, 0.2) is 0 Å². The summed E-state index contributed by atoms with van der Waals surface area (Å²) in [7, 11) is 1.23. The zero-order chi connectivity index (χ0) is 28.6. The van der Waals surface area contributed by atoms with E-state index < -0.39 is 104 Å². The molecule has 4 unspecified atom stereocenters. The molecule has 2 heterocycles. The fourth-order valence-corrected chi connectivity index (χ4v) is 5.94. The summed E-state index contributed by atoms with van der Waals surface area (Å²) in [5.74, 6) is -8.81. The maximum absolute atomic E-state index is 13.9. The van der Waals surface area contributed by atoms with Gasteiger partial charge in [-0.1, -0.05) is 11.6 Å². The van der Waals surface area contributed by atoms with Gasteiger partial charge in [0.1, 0.15) is 0 Å². The lowest BCUT2D eigenvalue weighted by Gasteiger charge is -2.36. The standard InChI is InChI=1S/C16H11F3N2O5.C8H7F3O.Al/c1-20-12(23)8-9(13(20)24)11-10(8)14(25)21(15(11)26)5-2-3-7(22)6(4-5)16(17,18)19;1-5-2-3-7(12)6(4-5)8(9,10)11;/h2-4,8-11,22H,1H3;2-4,12H,1H3;/q;;+2/p-2. The van der Waals surface area contributed by atoms with Crippen LogP contribution in [0.2, 0.25) is 0 Å². The second-order valence-electron chi connectivity index (χ2n) is 9.36. The fraction of sp³-hybridized carbons (Fsp3) is 0.333. The first kappa shape index (κ1) is 27.0. The lowest BCUT2D eigenvalue weighted by atomic mass is 9.59. The topological polar surface area (TPSA) is 93.2 Å². The minimum atomic E-state index is -5.04. The third-order valence-electron chi connectivity index (χ3n) is 7.11. The molecule has 0 aromatic heterocycles. The summed E-state index contributed by atoms with van der Waals surface area (Å²) in [6, 6.07) is 5.51. The number of benzene rings is 2. The second kappa shape index (κ2) is 8.99. The van der Waals surface area contributed by atoms with Crippen LogP contribution in [0.25, 0.3) is 0 Å². The molecule has 4 amide bonds. The lowest BCUT2D eigenvalue weighted by Crippen LogP contribution is -2.50. The van der Waals surface area contributed by atoms with Gasteiger partial charge >= 0.3 is 28.2 Å². The van der Waals surface area contributed by atoms with Crippen molar-refractivity contribution in [1.82, 2.24) is 4.90 Å². The van der Waals surface area contributed by atoms with E-state index in [9.17, 15) is 45.5 Å². The molecule has 3 fully saturated rings. The van der Waals surface area contributed by atoms with Gasteiger partial charge in [-0.05, 0) is 37.3 Å². The van der Waals surface area contributed by atoms with Crippen molar-refractivity contribution < 1.29 is 53.1 Å². The Morgan fingerprint density at radius 3 is 1.62 bits per heavy atom. The van der Waals surface area contributed by atoms with Gasteiger partial charge in [0.2, 0.25) is 23.6 Å². The van der Waals surface area contributed by atoms with Gasteiger partial charge in [-0.3, -0.25) is 24.1 Å². The average molecular weight is 569 g/mol. The van der Waals surface area contributed by atoms with E-state index in [1.807, 2.05) is 0 Å². The van der Waals surface area contributed by atoms with Crippen LogP contribution in [0.4, 0.5) is 32.0 Å². The Morgan fingerprint density at radius 1 is 0.692 bits per heavy atom. The SMILES string of the molecule is Cc1ccc([O][Al][O]c2ccc(N3C(=O)C4C5C(=O)N(C)C(=O)C5C4C3=O)cc2C(F)(F)F)c(C(F)(F)F)c1. The van der Waals surface area contributed by atoms with Crippen LogP contribution in [0, 0.1) is 30.6 Å². The van der Waals surface area contributed by atoms with Crippen molar-refractivity contribution in [2.24, 2.45) is 23.7 Å². The van der Waals surface area contributed by atoms with Gasteiger partial charge < -0.3 is 7.58 Å². The van der Waals surface area contributed by atoms with Gasteiger partial charge in [-0.2, -0.15) is 26.3 Å². The number of alkyl halides is 6. The van der Waals surface area contributed by atoms with Gasteiger partial charge in [0.05, 0.1) is 52.0 Å². The smallest absolute Gasteiger partial charge is 0.615 e. The molecule has 4 atom stereocenters. The number of amides is 4. The molecule has 0 spiro atoms. The number of likely N-dealkylation sites (tertiary alicyclic amines) is 1. The molecule has 2 saturated heterocycles. The van der Waals surface area contributed by atoms with E-state index >= 15 is 0 Å². The molecule has 1 radical (unpaired) electrons. The Morgan fingerprint density at radius 2 is 1.13 bits per heavy atom. The Kier molecular flexibility index (Phi) is 6.23. The van der Waals surface area contributed by atoms with E-state index in [1.165, 1.54) is 20.0 Å². The first-order valence-electron chi connectivity index (χ1n) is 11.4. The minimum Gasteiger partial charge on any atom is -0.615 e. The van der Waals surface area contributed by atoms with Crippen molar-refractivity contribution in [3.63, 3.8) is 0 Å². The highest BCUT2D eigenvalue weighted by atomic mass is 27.2. The van der Waals surface area contributed by atoms with E-state index in [4.69, 9.17) is 7.58 Å². The summed E-state index contributed by atoms with van der Waals surface area (Å²) in [5, 5.41) is 0. The minimum absolute atomic E-state index is 0.296. The first-order chi connectivity index (χ1) is 18.1. The quantitative estimate of drug-likeness (QED) is 0.312. The molecule has 1 aliphatic carbocycles. The number of carbonyl (C=O) groups is 4. The Bertz CT molecular complexity index is 1390. The molecular weight excluding hydrogens is 553 g/mol. The largest absolute Gasteiger partial charge is 0.881 e. The molecule has 0 N–H and O–H groups in total. The van der Waals surface area contributed by atoms with Crippen LogP contribution >= 0.6 is 0 Å². The summed E-state index contributed by atoms with van der Waals surface area (Å²) >= 11 is -1.89. The summed E-state index contributed by atoms with van der Waals surface area (Å²) < 4.78 is 91.6. The van der Waals surface area contributed by atoms with Crippen LogP contribution in [0.1, 0.15) is 16.7 Å². The van der Waals surface area contributed by atoms with E-state index in [1.54, 1.807) is 0 Å². The zero-order valence-electron chi connectivity index (χ0n) is 20.0. The van der Waals surface area contributed by atoms with E-state index in [0.29, 0.717) is 16.5 Å². The summed E-state index contributed by atoms with van der Waals surface area (Å²) in [6.07, 6.45) is -9.81. The molecule has 8 nitrogen and oxygen atoms in total. The van der Waals surface area contributed by atoms with Gasteiger partial charge in [0.25, 0.3) is 0 Å². The number of imide groups is 2. The number of carbonyl (C=O) groups excluding carboxylic acids is 4. The summed E-state index contributed by atoms with van der Waals surface area (Å²) in [5.41, 5.74) is -2.66. The van der Waals surface area contributed by atoms with Crippen molar-refractivity contribution in [2.45, 2.75) is 19.3 Å². The Balaban J connectivity index is 1.38. The predicted octanol–water partition coefficient (Wildman–Crippen LogP) is 3.37. The van der Waals surface area contributed by atoms with E-state index in [-0.39, 0.29) is 0 Å². The maximum atomic E-state index is 13.9. The van der Waals surface area contributed by atoms with Crippen LogP contribution in [0.3, 0.4) is 0 Å². The number of hydrogen-bond donors (Lipinski definition) is 0. The average Bonchev–Trinajstić information content (AvgIpc) is 3.13. The van der Waals surface area contributed by atoms with Crippen LogP contribution < -0.4 is 12.5 Å². The normalized spacial score (nSPS) is 24.5. The number of nitrogens with zero attached hydrogens (tertiary/aromatic N) is 2. The van der Waals surface area contributed by atoms with E-state index in [2.05, 4.69) is 0 Å². The number of fused-ring (bicyclic) bond motifs is 4. The van der Waals surface area contributed by atoms with Crippen molar-refractivity contribution >= 4 is 45.2 Å². The molecule has 5 rings (SSSR count). The number of hydrogen-bond acceptors (Lipinski definition) is 6. The molecule has 0 bridgehead atoms. The van der Waals surface area contributed by atoms with Gasteiger partial charge in [-0.15, -0.1) is 0 Å². The monoisotopic (exact) mass is 569 g/mol. The Hall–Kier alpha value is -3.57. The third kappa shape index (κ3) is 4.24.